The second kappa shape index (κ2) is 4.54. The molecule has 2 bridgehead atoms. The quantitative estimate of drug-likeness (QED) is 0.839. The minimum atomic E-state index is -0.573. The van der Waals surface area contributed by atoms with E-state index >= 15 is 0 Å². The van der Waals surface area contributed by atoms with Crippen molar-refractivity contribution >= 4 is 0 Å². The average Bonchev–Trinajstić information content (AvgIpc) is 2.95. The van der Waals surface area contributed by atoms with Crippen LogP contribution in [0.4, 0.5) is 0 Å². The van der Waals surface area contributed by atoms with Gasteiger partial charge in [0.15, 0.2) is 6.23 Å². The zero-order valence-corrected chi connectivity index (χ0v) is 11.7. The Kier molecular flexibility index (Phi) is 3.07. The zero-order valence-electron chi connectivity index (χ0n) is 11.7. The summed E-state index contributed by atoms with van der Waals surface area (Å²) in [5, 5.41) is 0. The van der Waals surface area contributed by atoms with Gasteiger partial charge >= 0.3 is 5.69 Å². The number of aromatic amines is 1. The van der Waals surface area contributed by atoms with Crippen LogP contribution in [0.25, 0.3) is 0 Å². The van der Waals surface area contributed by atoms with E-state index in [1.165, 1.54) is 10.8 Å². The molecule has 0 aromatic carbocycles. The van der Waals surface area contributed by atoms with Crippen molar-refractivity contribution in [2.75, 3.05) is 13.7 Å². The molecule has 4 atom stereocenters. The lowest BCUT2D eigenvalue weighted by Gasteiger charge is -2.30. The SMILES string of the molecule is CC[C@@]12COC([C@H](n3cc(C)c(=O)[nH]c3=O)O1)[C@H]2OC. The van der Waals surface area contributed by atoms with Gasteiger partial charge in [-0.3, -0.25) is 14.3 Å². The molecule has 110 valence electrons. The molecule has 0 aliphatic carbocycles. The van der Waals surface area contributed by atoms with Crippen LogP contribution in [0, 0.1) is 6.92 Å². The van der Waals surface area contributed by atoms with E-state index in [0.29, 0.717) is 12.2 Å². The smallest absolute Gasteiger partial charge is 0.330 e. The molecule has 2 aliphatic heterocycles. The normalized spacial score (nSPS) is 35.6. The number of hydrogen-bond donors (Lipinski definition) is 1. The third-order valence-electron chi connectivity index (χ3n) is 4.25. The van der Waals surface area contributed by atoms with Crippen molar-refractivity contribution in [1.82, 2.24) is 9.55 Å². The van der Waals surface area contributed by atoms with E-state index in [4.69, 9.17) is 14.2 Å². The van der Waals surface area contributed by atoms with Crippen LogP contribution in [-0.2, 0) is 14.2 Å². The molecule has 2 fully saturated rings. The Morgan fingerprint density at radius 2 is 2.30 bits per heavy atom. The van der Waals surface area contributed by atoms with Crippen molar-refractivity contribution in [3.63, 3.8) is 0 Å². The van der Waals surface area contributed by atoms with Gasteiger partial charge in [0.2, 0.25) is 0 Å². The number of nitrogens with one attached hydrogen (secondary N) is 1. The van der Waals surface area contributed by atoms with E-state index in [0.717, 1.165) is 6.42 Å². The Bertz CT molecular complexity index is 636. The molecule has 7 heteroatoms. The van der Waals surface area contributed by atoms with Gasteiger partial charge in [0.25, 0.3) is 5.56 Å². The van der Waals surface area contributed by atoms with E-state index in [9.17, 15) is 9.59 Å². The first-order chi connectivity index (χ1) is 9.52. The number of rotatable bonds is 3. The molecule has 20 heavy (non-hydrogen) atoms. The van der Waals surface area contributed by atoms with E-state index in [1.807, 2.05) is 6.92 Å². The second-order valence-electron chi connectivity index (χ2n) is 5.34. The average molecular weight is 282 g/mol. The number of aryl methyl sites for hydroxylation is 1. The summed E-state index contributed by atoms with van der Waals surface area (Å²) < 4.78 is 18.7. The molecule has 2 saturated heterocycles. The Morgan fingerprint density at radius 1 is 1.55 bits per heavy atom. The summed E-state index contributed by atoms with van der Waals surface area (Å²) in [5.41, 5.74) is -0.949. The predicted octanol–water partition coefficient (Wildman–Crippen LogP) is -0.0636. The van der Waals surface area contributed by atoms with Gasteiger partial charge in [0.05, 0.1) is 6.61 Å². The Labute approximate surface area is 115 Å². The maximum atomic E-state index is 12.0. The fraction of sp³-hybridized carbons (Fsp3) is 0.692. The molecular formula is C13H18N2O5. The number of aromatic nitrogens is 2. The topological polar surface area (TPSA) is 82.6 Å². The molecule has 0 spiro atoms. The molecule has 2 aliphatic rings. The lowest BCUT2D eigenvalue weighted by atomic mass is 9.96. The highest BCUT2D eigenvalue weighted by molar-refractivity contribution is 5.09. The highest BCUT2D eigenvalue weighted by Gasteiger charge is 2.61. The van der Waals surface area contributed by atoms with Crippen molar-refractivity contribution in [2.24, 2.45) is 0 Å². The van der Waals surface area contributed by atoms with Crippen LogP contribution in [-0.4, -0.2) is 41.1 Å². The minimum Gasteiger partial charge on any atom is -0.375 e. The number of fused-ring (bicyclic) bond motifs is 2. The molecule has 1 unspecified atom stereocenters. The third-order valence-corrected chi connectivity index (χ3v) is 4.25. The van der Waals surface area contributed by atoms with E-state index in [1.54, 1.807) is 14.0 Å². The Balaban J connectivity index is 2.04. The van der Waals surface area contributed by atoms with Gasteiger partial charge < -0.3 is 14.2 Å². The molecule has 1 aromatic rings. The van der Waals surface area contributed by atoms with Crippen LogP contribution in [0.5, 0.6) is 0 Å². The second-order valence-corrected chi connectivity index (χ2v) is 5.34. The molecule has 0 saturated carbocycles. The maximum absolute atomic E-state index is 12.0. The summed E-state index contributed by atoms with van der Waals surface area (Å²) >= 11 is 0. The van der Waals surface area contributed by atoms with Gasteiger partial charge in [-0.05, 0) is 13.3 Å². The van der Waals surface area contributed by atoms with Crippen LogP contribution in [0.15, 0.2) is 15.8 Å². The van der Waals surface area contributed by atoms with E-state index in [2.05, 4.69) is 4.98 Å². The van der Waals surface area contributed by atoms with E-state index in [-0.39, 0.29) is 17.8 Å². The largest absolute Gasteiger partial charge is 0.375 e. The molecule has 3 heterocycles. The van der Waals surface area contributed by atoms with Crippen LogP contribution < -0.4 is 11.2 Å². The van der Waals surface area contributed by atoms with Gasteiger partial charge in [-0.25, -0.2) is 4.79 Å². The molecular weight excluding hydrogens is 264 g/mol. The Hall–Kier alpha value is -1.44. The Morgan fingerprint density at radius 3 is 2.90 bits per heavy atom. The molecule has 1 aromatic heterocycles. The van der Waals surface area contributed by atoms with Crippen molar-refractivity contribution in [2.45, 2.75) is 44.3 Å². The van der Waals surface area contributed by atoms with E-state index < -0.39 is 17.5 Å². The number of ether oxygens (including phenoxy) is 3. The summed E-state index contributed by atoms with van der Waals surface area (Å²) in [6, 6.07) is 0. The van der Waals surface area contributed by atoms with Crippen LogP contribution in [0.1, 0.15) is 25.1 Å². The molecule has 3 rings (SSSR count). The maximum Gasteiger partial charge on any atom is 0.330 e. The van der Waals surface area contributed by atoms with Gasteiger partial charge in [0.1, 0.15) is 17.8 Å². The van der Waals surface area contributed by atoms with Crippen molar-refractivity contribution in [1.29, 1.82) is 0 Å². The first kappa shape index (κ1) is 13.5. The molecule has 1 N–H and O–H groups in total. The van der Waals surface area contributed by atoms with Crippen LogP contribution >= 0.6 is 0 Å². The fourth-order valence-electron chi connectivity index (χ4n) is 3.07. The summed E-state index contributed by atoms with van der Waals surface area (Å²) in [4.78, 5) is 25.7. The number of H-pyrrole nitrogens is 1. The minimum absolute atomic E-state index is 0.211. The van der Waals surface area contributed by atoms with Crippen molar-refractivity contribution in [3.05, 3.63) is 32.6 Å². The van der Waals surface area contributed by atoms with Gasteiger partial charge in [-0.15, -0.1) is 0 Å². The van der Waals surface area contributed by atoms with Gasteiger partial charge in [-0.1, -0.05) is 6.92 Å². The summed E-state index contributed by atoms with van der Waals surface area (Å²) in [7, 11) is 1.61. The van der Waals surface area contributed by atoms with Crippen molar-refractivity contribution < 1.29 is 14.2 Å². The third kappa shape index (κ3) is 1.70. The standard InChI is InChI=1S/C13H18N2O5/c1-4-13-6-19-8(9(13)18-3)11(20-13)15-5-7(2)10(16)14-12(15)17/h5,8-9,11H,4,6H2,1-3H3,(H,14,16,17)/t8?,9-,11-,13+/m1/s1. The fourth-order valence-corrected chi connectivity index (χ4v) is 3.07. The predicted molar refractivity (Wildman–Crippen MR) is 69.7 cm³/mol. The monoisotopic (exact) mass is 282 g/mol. The first-order valence-electron chi connectivity index (χ1n) is 6.66. The number of hydrogen-bond acceptors (Lipinski definition) is 5. The summed E-state index contributed by atoms with van der Waals surface area (Å²) in [6.07, 6.45) is 1.11. The van der Waals surface area contributed by atoms with Crippen LogP contribution in [0.3, 0.4) is 0 Å². The molecule has 0 amide bonds. The molecule has 7 nitrogen and oxygen atoms in total. The van der Waals surface area contributed by atoms with Gasteiger partial charge in [-0.2, -0.15) is 0 Å². The highest BCUT2D eigenvalue weighted by Crippen LogP contribution is 2.47. The van der Waals surface area contributed by atoms with Crippen molar-refractivity contribution in [3.8, 4) is 0 Å². The van der Waals surface area contributed by atoms with Crippen LogP contribution in [0.2, 0.25) is 0 Å². The first-order valence-corrected chi connectivity index (χ1v) is 6.66. The highest BCUT2D eigenvalue weighted by atomic mass is 16.7. The van der Waals surface area contributed by atoms with Gasteiger partial charge in [0, 0.05) is 18.9 Å². The zero-order chi connectivity index (χ0) is 14.5. The lowest BCUT2D eigenvalue weighted by molar-refractivity contribution is -0.176. The molecule has 0 radical (unpaired) electrons. The summed E-state index contributed by atoms with van der Waals surface area (Å²) in [6.45, 7) is 4.10. The number of methoxy groups -OCH3 is 1. The lowest BCUT2D eigenvalue weighted by Crippen LogP contribution is -2.41. The summed E-state index contributed by atoms with van der Waals surface area (Å²) in [5.74, 6) is 0. The number of nitrogens with zero attached hydrogens (tertiary/aromatic N) is 1.